The van der Waals surface area contributed by atoms with E-state index in [9.17, 15) is 24.0 Å². The van der Waals surface area contributed by atoms with E-state index in [1.807, 2.05) is 0 Å². The number of hydrogen-bond acceptors (Lipinski definition) is 7. The number of allylic oxidation sites excluding steroid dienone is 1. The quantitative estimate of drug-likeness (QED) is 0.209. The van der Waals surface area contributed by atoms with Gasteiger partial charge in [0.2, 0.25) is 0 Å². The molecule has 2 aliphatic heterocycles. The number of imide groups is 1. The van der Waals surface area contributed by atoms with Gasteiger partial charge in [-0.2, -0.15) is 0 Å². The predicted octanol–water partition coefficient (Wildman–Crippen LogP) is 1.84. The Hall–Kier alpha value is -3.75. The molecule has 2 heterocycles. The average Bonchev–Trinajstić information content (AvgIpc) is 3.01. The first-order chi connectivity index (χ1) is 15.1. The van der Waals surface area contributed by atoms with Crippen molar-refractivity contribution in [3.05, 3.63) is 58.8 Å². The van der Waals surface area contributed by atoms with Crippen LogP contribution in [0.1, 0.15) is 47.4 Å². The van der Waals surface area contributed by atoms with Gasteiger partial charge < -0.3 is 9.47 Å². The summed E-state index contributed by atoms with van der Waals surface area (Å²) in [5, 5.41) is 0. The number of nitrogens with zero attached hydrogens (tertiary/aromatic N) is 2. The number of β-lactam (4-membered cyclic amide) rings is 1. The second kappa shape index (κ2) is 8.78. The van der Waals surface area contributed by atoms with Crippen LogP contribution in [0.2, 0.25) is 0 Å². The Morgan fingerprint density at radius 3 is 2.03 bits per heavy atom. The smallest absolute Gasteiger partial charge is 0.354 e. The summed E-state index contributed by atoms with van der Waals surface area (Å²) in [6, 6.07) is 4.39. The lowest BCUT2D eigenvalue weighted by atomic mass is 9.86. The zero-order chi connectivity index (χ0) is 23.7. The van der Waals surface area contributed by atoms with Gasteiger partial charge in [0.05, 0.1) is 37.8 Å². The van der Waals surface area contributed by atoms with Crippen molar-refractivity contribution in [2.24, 2.45) is 0 Å². The van der Waals surface area contributed by atoms with Crippen LogP contribution in [-0.2, 0) is 23.9 Å². The molecule has 0 aliphatic carbocycles. The van der Waals surface area contributed by atoms with Crippen LogP contribution in [0.15, 0.2) is 47.7 Å². The molecule has 3 rings (SSSR count). The Bertz CT molecular complexity index is 1030. The number of benzene rings is 1. The molecule has 1 aromatic carbocycles. The largest absolute Gasteiger partial charge is 0.469 e. The van der Waals surface area contributed by atoms with Crippen LogP contribution in [0.3, 0.4) is 0 Å². The fraction of sp³-hybridized carbons (Fsp3) is 0.348. The topological polar surface area (TPSA) is 110 Å². The second-order valence-electron chi connectivity index (χ2n) is 7.79. The number of fused-ring (bicyclic) bond motifs is 1. The van der Waals surface area contributed by atoms with Crippen molar-refractivity contribution in [1.82, 2.24) is 9.80 Å². The lowest BCUT2D eigenvalue weighted by Crippen LogP contribution is -2.71. The van der Waals surface area contributed by atoms with Gasteiger partial charge in [0, 0.05) is 0 Å². The number of carbonyl (C=O) groups excluding carboxylic acids is 5. The molecule has 0 spiro atoms. The van der Waals surface area contributed by atoms with Crippen LogP contribution < -0.4 is 0 Å². The molecule has 0 saturated carbocycles. The SMILES string of the molecule is C=C(CC(=O)OC)CC1C(N2C(=O)c3ccccc3C2=O)C(=O)N1C(C(=O)OC)=C(C)C. The summed E-state index contributed by atoms with van der Waals surface area (Å²) in [6.07, 6.45) is -0.0288. The molecule has 9 heteroatoms. The average molecular weight is 440 g/mol. The van der Waals surface area contributed by atoms with E-state index < -0.39 is 41.7 Å². The summed E-state index contributed by atoms with van der Waals surface area (Å²) in [5.74, 6) is -2.98. The fourth-order valence-electron chi connectivity index (χ4n) is 4.04. The molecule has 9 nitrogen and oxygen atoms in total. The van der Waals surface area contributed by atoms with Gasteiger partial charge in [-0.3, -0.25) is 29.0 Å². The molecule has 168 valence electrons. The van der Waals surface area contributed by atoms with Gasteiger partial charge >= 0.3 is 11.9 Å². The third-order valence-corrected chi connectivity index (χ3v) is 5.50. The minimum absolute atomic E-state index is 0.0289. The van der Waals surface area contributed by atoms with Gasteiger partial charge in [-0.1, -0.05) is 24.3 Å². The van der Waals surface area contributed by atoms with Gasteiger partial charge in [-0.25, -0.2) is 4.79 Å². The van der Waals surface area contributed by atoms with E-state index in [4.69, 9.17) is 4.74 Å². The normalized spacial score (nSPS) is 19.3. The van der Waals surface area contributed by atoms with Crippen molar-refractivity contribution in [2.45, 2.75) is 38.8 Å². The zero-order valence-electron chi connectivity index (χ0n) is 18.3. The molecular weight excluding hydrogens is 416 g/mol. The maximum atomic E-state index is 13.2. The number of amides is 3. The zero-order valence-corrected chi connectivity index (χ0v) is 18.3. The Morgan fingerprint density at radius 1 is 1.00 bits per heavy atom. The minimum Gasteiger partial charge on any atom is -0.469 e. The first kappa shape index (κ1) is 22.9. The summed E-state index contributed by atoms with van der Waals surface area (Å²) in [6.45, 7) is 7.17. The molecule has 0 N–H and O–H groups in total. The number of rotatable bonds is 7. The van der Waals surface area contributed by atoms with Gasteiger partial charge in [0.1, 0.15) is 11.7 Å². The van der Waals surface area contributed by atoms with E-state index >= 15 is 0 Å². The van der Waals surface area contributed by atoms with Crippen LogP contribution in [0.25, 0.3) is 0 Å². The van der Waals surface area contributed by atoms with Crippen molar-refractivity contribution in [1.29, 1.82) is 0 Å². The number of methoxy groups -OCH3 is 2. The molecule has 32 heavy (non-hydrogen) atoms. The van der Waals surface area contributed by atoms with Crippen molar-refractivity contribution < 1.29 is 33.4 Å². The van der Waals surface area contributed by atoms with E-state index in [0.29, 0.717) is 11.1 Å². The molecule has 2 atom stereocenters. The predicted molar refractivity (Wildman–Crippen MR) is 112 cm³/mol. The summed E-state index contributed by atoms with van der Waals surface area (Å²) in [7, 11) is 2.44. The second-order valence-corrected chi connectivity index (χ2v) is 7.79. The van der Waals surface area contributed by atoms with Crippen LogP contribution in [0.4, 0.5) is 0 Å². The number of likely N-dealkylation sites (tertiary alicyclic amines) is 1. The molecule has 1 fully saturated rings. The van der Waals surface area contributed by atoms with Crippen LogP contribution in [0.5, 0.6) is 0 Å². The van der Waals surface area contributed by atoms with E-state index in [0.717, 1.165) is 4.90 Å². The molecule has 1 saturated heterocycles. The monoisotopic (exact) mass is 440 g/mol. The van der Waals surface area contributed by atoms with Gasteiger partial charge in [-0.05, 0) is 38.0 Å². The molecule has 0 bridgehead atoms. The van der Waals surface area contributed by atoms with E-state index in [1.165, 1.54) is 31.3 Å². The highest BCUT2D eigenvalue weighted by atomic mass is 16.5. The highest BCUT2D eigenvalue weighted by Crippen LogP contribution is 2.38. The van der Waals surface area contributed by atoms with Crippen LogP contribution in [-0.4, -0.2) is 65.8 Å². The summed E-state index contributed by atoms with van der Waals surface area (Å²) in [4.78, 5) is 65.4. The summed E-state index contributed by atoms with van der Waals surface area (Å²) in [5.41, 5.74) is 1.41. The summed E-state index contributed by atoms with van der Waals surface area (Å²) < 4.78 is 9.50. The Kier molecular flexibility index (Phi) is 6.29. The first-order valence-corrected chi connectivity index (χ1v) is 9.93. The minimum atomic E-state index is -1.14. The highest BCUT2D eigenvalue weighted by Gasteiger charge is 2.58. The Labute approximate surface area is 185 Å². The van der Waals surface area contributed by atoms with Gasteiger partial charge in [-0.15, -0.1) is 0 Å². The van der Waals surface area contributed by atoms with E-state index in [1.54, 1.807) is 26.0 Å². The molecule has 3 amide bonds. The number of ether oxygens (including phenoxy) is 2. The third-order valence-electron chi connectivity index (χ3n) is 5.50. The molecule has 1 aromatic rings. The first-order valence-electron chi connectivity index (χ1n) is 9.93. The van der Waals surface area contributed by atoms with E-state index in [2.05, 4.69) is 11.3 Å². The summed E-state index contributed by atoms with van der Waals surface area (Å²) >= 11 is 0. The Morgan fingerprint density at radius 2 is 1.56 bits per heavy atom. The van der Waals surface area contributed by atoms with Crippen LogP contribution >= 0.6 is 0 Å². The number of carbonyl (C=O) groups is 5. The lowest BCUT2D eigenvalue weighted by Gasteiger charge is -2.50. The standard InChI is InChI=1S/C23H24N2O7/c1-12(2)18(23(30)32-5)24-16(10-13(3)11-17(26)31-4)19(22(24)29)25-20(27)14-8-6-7-9-15(14)21(25)28/h6-9,16,19H,3,10-11H2,1-2,4-5H3. The fourth-order valence-corrected chi connectivity index (χ4v) is 4.04. The maximum absolute atomic E-state index is 13.2. The molecule has 0 aromatic heterocycles. The molecule has 2 unspecified atom stereocenters. The molecule has 2 aliphatic rings. The van der Waals surface area contributed by atoms with Gasteiger partial charge in [0.25, 0.3) is 17.7 Å². The third kappa shape index (κ3) is 3.70. The van der Waals surface area contributed by atoms with Crippen molar-refractivity contribution in [2.75, 3.05) is 14.2 Å². The molecular formula is C23H24N2O7. The van der Waals surface area contributed by atoms with Crippen molar-refractivity contribution in [3.8, 4) is 0 Å². The highest BCUT2D eigenvalue weighted by molar-refractivity contribution is 6.23. The number of hydrogen-bond donors (Lipinski definition) is 0. The van der Waals surface area contributed by atoms with Crippen molar-refractivity contribution >= 4 is 29.7 Å². The van der Waals surface area contributed by atoms with Crippen molar-refractivity contribution in [3.63, 3.8) is 0 Å². The van der Waals surface area contributed by atoms with E-state index in [-0.39, 0.29) is 29.7 Å². The maximum Gasteiger partial charge on any atom is 0.354 e. The lowest BCUT2D eigenvalue weighted by molar-refractivity contribution is -0.157. The van der Waals surface area contributed by atoms with Gasteiger partial charge in [0.15, 0.2) is 0 Å². The van der Waals surface area contributed by atoms with Crippen LogP contribution in [0, 0.1) is 0 Å². The number of esters is 2. The Balaban J connectivity index is 1.99. The molecule has 0 radical (unpaired) electrons.